The zero-order valence-electron chi connectivity index (χ0n) is 14.4. The van der Waals surface area contributed by atoms with Gasteiger partial charge in [-0.1, -0.05) is 24.3 Å². The van der Waals surface area contributed by atoms with E-state index in [1.165, 1.54) is 17.5 Å². The molecule has 0 N–H and O–H groups in total. The lowest BCUT2D eigenvalue weighted by molar-refractivity contribution is 0.0718. The van der Waals surface area contributed by atoms with Gasteiger partial charge in [0.25, 0.3) is 5.91 Å². The van der Waals surface area contributed by atoms with Gasteiger partial charge < -0.3 is 9.47 Å². The normalized spacial score (nSPS) is 20.7. The molecule has 1 aromatic carbocycles. The van der Waals surface area contributed by atoms with E-state index in [9.17, 15) is 4.79 Å². The molecule has 2 aliphatic heterocycles. The molecule has 1 fully saturated rings. The van der Waals surface area contributed by atoms with Gasteiger partial charge in [0.05, 0.1) is 0 Å². The van der Waals surface area contributed by atoms with E-state index < -0.39 is 0 Å². The summed E-state index contributed by atoms with van der Waals surface area (Å²) in [7, 11) is 0. The van der Waals surface area contributed by atoms with E-state index in [4.69, 9.17) is 0 Å². The summed E-state index contributed by atoms with van der Waals surface area (Å²) in [5.74, 6) is 1.70. The highest BCUT2D eigenvalue weighted by atomic mass is 16.2. The Morgan fingerprint density at radius 3 is 2.75 bits per heavy atom. The molecule has 1 unspecified atom stereocenters. The van der Waals surface area contributed by atoms with E-state index in [0.29, 0.717) is 11.6 Å². The maximum Gasteiger partial charge on any atom is 0.274 e. The second kappa shape index (κ2) is 6.42. The molecule has 2 aromatic rings. The number of aromatic nitrogens is 2. The Morgan fingerprint density at radius 2 is 1.96 bits per heavy atom. The predicted octanol–water partition coefficient (Wildman–Crippen LogP) is 3.55. The van der Waals surface area contributed by atoms with Crippen molar-refractivity contribution in [1.29, 1.82) is 0 Å². The van der Waals surface area contributed by atoms with Crippen LogP contribution in [-0.2, 0) is 13.0 Å². The third kappa shape index (κ3) is 2.85. The number of amides is 1. The number of hydrogen-bond donors (Lipinski definition) is 0. The first-order valence-corrected chi connectivity index (χ1v) is 9.13. The summed E-state index contributed by atoms with van der Waals surface area (Å²) in [4.78, 5) is 19.3. The van der Waals surface area contributed by atoms with E-state index in [2.05, 4.69) is 40.7 Å². The second-order valence-corrected chi connectivity index (χ2v) is 7.14. The smallest absolute Gasteiger partial charge is 0.274 e. The van der Waals surface area contributed by atoms with Crippen molar-refractivity contribution < 1.29 is 4.79 Å². The lowest BCUT2D eigenvalue weighted by atomic mass is 9.89. The quantitative estimate of drug-likeness (QED) is 0.848. The van der Waals surface area contributed by atoms with Crippen molar-refractivity contribution in [1.82, 2.24) is 14.5 Å². The predicted molar refractivity (Wildman–Crippen MR) is 94.2 cm³/mol. The fourth-order valence-corrected chi connectivity index (χ4v) is 4.10. The van der Waals surface area contributed by atoms with Gasteiger partial charge in [-0.25, -0.2) is 4.98 Å². The average molecular weight is 323 g/mol. The number of hydrogen-bond acceptors (Lipinski definition) is 2. The third-order valence-electron chi connectivity index (χ3n) is 5.48. The monoisotopic (exact) mass is 323 g/mol. The van der Waals surface area contributed by atoms with E-state index in [1.807, 2.05) is 11.1 Å². The molecule has 4 rings (SSSR count). The van der Waals surface area contributed by atoms with Crippen LogP contribution in [0.25, 0.3) is 0 Å². The van der Waals surface area contributed by atoms with Crippen molar-refractivity contribution in [3.8, 4) is 0 Å². The Balaban J connectivity index is 1.54. The van der Waals surface area contributed by atoms with Gasteiger partial charge >= 0.3 is 0 Å². The first-order chi connectivity index (χ1) is 11.7. The molecule has 0 spiro atoms. The van der Waals surface area contributed by atoms with E-state index in [1.54, 1.807) is 0 Å². The van der Waals surface area contributed by atoms with Gasteiger partial charge in [-0.2, -0.15) is 0 Å². The van der Waals surface area contributed by atoms with Crippen LogP contribution < -0.4 is 0 Å². The van der Waals surface area contributed by atoms with Crippen molar-refractivity contribution in [3.05, 3.63) is 53.1 Å². The van der Waals surface area contributed by atoms with Crippen molar-refractivity contribution in [3.63, 3.8) is 0 Å². The zero-order chi connectivity index (χ0) is 16.5. The zero-order valence-corrected chi connectivity index (χ0v) is 14.4. The van der Waals surface area contributed by atoms with Gasteiger partial charge in [-0.05, 0) is 43.7 Å². The standard InChI is InChI=1S/C20H25N3O/c1-15-7-3-4-8-17(15)16-9-10-19-21-18(14-23(19)13-16)20(24)22-11-5-2-6-12-22/h3-4,7-8,14,16H,2,5-6,9-13H2,1H3. The summed E-state index contributed by atoms with van der Waals surface area (Å²) in [5, 5.41) is 0. The Kier molecular flexibility index (Phi) is 4.13. The molecule has 2 aliphatic rings. The number of imidazole rings is 1. The number of benzene rings is 1. The van der Waals surface area contributed by atoms with Gasteiger partial charge in [0.1, 0.15) is 11.5 Å². The number of fused-ring (bicyclic) bond motifs is 1. The Bertz CT molecular complexity index is 743. The third-order valence-corrected chi connectivity index (χ3v) is 5.48. The van der Waals surface area contributed by atoms with Crippen LogP contribution in [0.3, 0.4) is 0 Å². The maximum atomic E-state index is 12.7. The summed E-state index contributed by atoms with van der Waals surface area (Å²) < 4.78 is 2.21. The lowest BCUT2D eigenvalue weighted by Crippen LogP contribution is -2.35. The van der Waals surface area contributed by atoms with Gasteiger partial charge in [-0.3, -0.25) is 4.79 Å². The molecule has 1 saturated heterocycles. The van der Waals surface area contributed by atoms with Crippen LogP contribution in [0.5, 0.6) is 0 Å². The first kappa shape index (κ1) is 15.4. The number of piperidine rings is 1. The summed E-state index contributed by atoms with van der Waals surface area (Å²) in [5.41, 5.74) is 3.42. The molecule has 126 valence electrons. The molecule has 0 saturated carbocycles. The molecule has 1 atom stereocenters. The number of carbonyl (C=O) groups excluding carboxylic acids is 1. The molecule has 1 amide bonds. The number of nitrogens with zero attached hydrogens (tertiary/aromatic N) is 3. The minimum atomic E-state index is 0.115. The van der Waals surface area contributed by atoms with Crippen LogP contribution in [0.15, 0.2) is 30.5 Å². The minimum Gasteiger partial charge on any atom is -0.337 e. The summed E-state index contributed by atoms with van der Waals surface area (Å²) in [6, 6.07) is 8.64. The van der Waals surface area contributed by atoms with Crippen molar-refractivity contribution >= 4 is 5.91 Å². The van der Waals surface area contributed by atoms with Gasteiger partial charge in [-0.15, -0.1) is 0 Å². The minimum absolute atomic E-state index is 0.115. The highest BCUT2D eigenvalue weighted by molar-refractivity contribution is 5.92. The molecule has 3 heterocycles. The fourth-order valence-electron chi connectivity index (χ4n) is 4.10. The number of carbonyl (C=O) groups is 1. The van der Waals surface area contributed by atoms with E-state index in [-0.39, 0.29) is 5.91 Å². The lowest BCUT2D eigenvalue weighted by Gasteiger charge is -2.25. The van der Waals surface area contributed by atoms with Crippen LogP contribution in [0.1, 0.15) is 59.0 Å². The molecule has 1 aromatic heterocycles. The van der Waals surface area contributed by atoms with Crippen LogP contribution in [0.2, 0.25) is 0 Å². The molecular formula is C20H25N3O. The topological polar surface area (TPSA) is 38.1 Å². The van der Waals surface area contributed by atoms with Crippen LogP contribution in [-0.4, -0.2) is 33.4 Å². The van der Waals surface area contributed by atoms with Crippen LogP contribution >= 0.6 is 0 Å². The van der Waals surface area contributed by atoms with Gasteiger partial charge in [0, 0.05) is 38.2 Å². The molecule has 4 heteroatoms. The van der Waals surface area contributed by atoms with E-state index >= 15 is 0 Å². The Labute approximate surface area is 143 Å². The van der Waals surface area contributed by atoms with Crippen molar-refractivity contribution in [2.75, 3.05) is 13.1 Å². The molecule has 0 radical (unpaired) electrons. The molecule has 4 nitrogen and oxygen atoms in total. The van der Waals surface area contributed by atoms with Crippen LogP contribution in [0, 0.1) is 6.92 Å². The van der Waals surface area contributed by atoms with Crippen LogP contribution in [0.4, 0.5) is 0 Å². The van der Waals surface area contributed by atoms with Crippen molar-refractivity contribution in [2.45, 2.75) is 51.5 Å². The highest BCUT2D eigenvalue weighted by Crippen LogP contribution is 2.30. The summed E-state index contributed by atoms with van der Waals surface area (Å²) in [6.07, 6.45) is 7.52. The van der Waals surface area contributed by atoms with Gasteiger partial charge in [0.2, 0.25) is 0 Å². The SMILES string of the molecule is Cc1ccccc1C1CCc2nc(C(=O)N3CCCCC3)cn2C1. The number of rotatable bonds is 2. The molecule has 24 heavy (non-hydrogen) atoms. The molecule has 0 aliphatic carbocycles. The molecular weight excluding hydrogens is 298 g/mol. The van der Waals surface area contributed by atoms with E-state index in [0.717, 1.165) is 51.1 Å². The second-order valence-electron chi connectivity index (χ2n) is 7.14. The summed E-state index contributed by atoms with van der Waals surface area (Å²) >= 11 is 0. The van der Waals surface area contributed by atoms with Gasteiger partial charge in [0.15, 0.2) is 0 Å². The number of aryl methyl sites for hydroxylation is 2. The Morgan fingerprint density at radius 1 is 1.17 bits per heavy atom. The highest BCUT2D eigenvalue weighted by Gasteiger charge is 2.26. The largest absolute Gasteiger partial charge is 0.337 e. The maximum absolute atomic E-state index is 12.7. The molecule has 0 bridgehead atoms. The Hall–Kier alpha value is -2.10. The first-order valence-electron chi connectivity index (χ1n) is 9.13. The van der Waals surface area contributed by atoms with Crippen molar-refractivity contribution in [2.24, 2.45) is 0 Å². The number of likely N-dealkylation sites (tertiary alicyclic amines) is 1. The average Bonchev–Trinajstić information content (AvgIpc) is 3.05. The fraction of sp³-hybridized carbons (Fsp3) is 0.500. The summed E-state index contributed by atoms with van der Waals surface area (Å²) in [6.45, 7) is 4.88.